The maximum Gasteiger partial charge on any atom is 0.320 e. The van der Waals surface area contributed by atoms with Crippen molar-refractivity contribution in [2.75, 3.05) is 13.6 Å². The predicted molar refractivity (Wildman–Crippen MR) is 40.0 cm³/mol. The van der Waals surface area contributed by atoms with Gasteiger partial charge in [0.05, 0.1) is 0 Å². The second kappa shape index (κ2) is 4.28. The summed E-state index contributed by atoms with van der Waals surface area (Å²) >= 11 is 0. The second-order valence-electron chi connectivity index (χ2n) is 2.49. The van der Waals surface area contributed by atoms with Gasteiger partial charge in [-0.25, -0.2) is 0 Å². The molecule has 3 heteroatoms. The summed E-state index contributed by atoms with van der Waals surface area (Å²) in [6.07, 6.45) is 0.994. The van der Waals surface area contributed by atoms with Crippen molar-refractivity contribution in [3.05, 3.63) is 0 Å². The van der Waals surface area contributed by atoms with Crippen molar-refractivity contribution in [2.45, 2.75) is 26.3 Å². The number of likely N-dealkylation sites (N-methyl/N-ethyl adjacent to an activating group) is 1. The van der Waals surface area contributed by atoms with Crippen LogP contribution in [0.2, 0.25) is 0 Å². The third-order valence-corrected chi connectivity index (χ3v) is 1.59. The fourth-order valence-corrected chi connectivity index (χ4v) is 0.735. The van der Waals surface area contributed by atoms with Gasteiger partial charge in [0.1, 0.15) is 6.04 Å². The third kappa shape index (κ3) is 2.82. The maximum atomic E-state index is 10.4. The van der Waals surface area contributed by atoms with Gasteiger partial charge in [0.15, 0.2) is 0 Å². The van der Waals surface area contributed by atoms with E-state index in [9.17, 15) is 4.79 Å². The molecule has 0 aliphatic carbocycles. The van der Waals surface area contributed by atoms with Crippen LogP contribution in [0.3, 0.4) is 0 Å². The van der Waals surface area contributed by atoms with Gasteiger partial charge in [0.2, 0.25) is 0 Å². The summed E-state index contributed by atoms with van der Waals surface area (Å²) in [6.45, 7) is 4.57. The average molecular weight is 145 g/mol. The summed E-state index contributed by atoms with van der Waals surface area (Å²) in [5, 5.41) is 8.54. The second-order valence-corrected chi connectivity index (χ2v) is 2.49. The Kier molecular flexibility index (Phi) is 4.03. The molecule has 0 aromatic rings. The lowest BCUT2D eigenvalue weighted by Crippen LogP contribution is -2.36. The molecule has 1 N–H and O–H groups in total. The molecule has 0 aromatic heterocycles. The highest BCUT2D eigenvalue weighted by Crippen LogP contribution is 1.95. The molecule has 0 saturated heterocycles. The number of rotatable bonds is 4. The van der Waals surface area contributed by atoms with Crippen LogP contribution < -0.4 is 0 Å². The highest BCUT2D eigenvalue weighted by atomic mass is 16.4. The van der Waals surface area contributed by atoms with E-state index < -0.39 is 5.97 Å². The molecule has 0 amide bonds. The minimum Gasteiger partial charge on any atom is -0.480 e. The largest absolute Gasteiger partial charge is 0.480 e. The van der Waals surface area contributed by atoms with E-state index in [0.29, 0.717) is 0 Å². The SMILES string of the molecule is CCCN(C)C(C)C(=O)O. The van der Waals surface area contributed by atoms with Crippen molar-refractivity contribution in [3.63, 3.8) is 0 Å². The van der Waals surface area contributed by atoms with E-state index >= 15 is 0 Å². The van der Waals surface area contributed by atoms with E-state index in [-0.39, 0.29) is 6.04 Å². The van der Waals surface area contributed by atoms with Gasteiger partial charge in [-0.3, -0.25) is 9.69 Å². The highest BCUT2D eigenvalue weighted by Gasteiger charge is 2.14. The summed E-state index contributed by atoms with van der Waals surface area (Å²) in [6, 6.07) is -0.361. The topological polar surface area (TPSA) is 40.5 Å². The molecule has 0 aliphatic rings. The Hall–Kier alpha value is -0.570. The van der Waals surface area contributed by atoms with Crippen molar-refractivity contribution in [1.29, 1.82) is 0 Å². The van der Waals surface area contributed by atoms with Crippen LogP contribution in [0.25, 0.3) is 0 Å². The number of carbonyl (C=O) groups is 1. The van der Waals surface area contributed by atoms with Gasteiger partial charge in [-0.05, 0) is 26.9 Å². The lowest BCUT2D eigenvalue weighted by molar-refractivity contribution is -0.142. The summed E-state index contributed by atoms with van der Waals surface area (Å²) in [5.74, 6) is -0.754. The van der Waals surface area contributed by atoms with Gasteiger partial charge in [-0.2, -0.15) is 0 Å². The molecular weight excluding hydrogens is 130 g/mol. The number of aliphatic carboxylic acids is 1. The number of carboxylic acid groups (broad SMARTS) is 1. The molecule has 10 heavy (non-hydrogen) atoms. The molecule has 0 spiro atoms. The summed E-state index contributed by atoms with van der Waals surface area (Å²) in [5.41, 5.74) is 0. The fraction of sp³-hybridized carbons (Fsp3) is 0.857. The Morgan fingerprint density at radius 1 is 1.70 bits per heavy atom. The molecule has 0 aromatic carbocycles. The van der Waals surface area contributed by atoms with Gasteiger partial charge in [-0.15, -0.1) is 0 Å². The van der Waals surface area contributed by atoms with E-state index in [1.54, 1.807) is 6.92 Å². The first-order valence-corrected chi connectivity index (χ1v) is 3.52. The number of carboxylic acids is 1. The Morgan fingerprint density at radius 2 is 2.20 bits per heavy atom. The van der Waals surface area contributed by atoms with Gasteiger partial charge in [0.25, 0.3) is 0 Å². The lowest BCUT2D eigenvalue weighted by Gasteiger charge is -2.19. The van der Waals surface area contributed by atoms with E-state index in [2.05, 4.69) is 0 Å². The zero-order valence-electron chi connectivity index (χ0n) is 6.79. The van der Waals surface area contributed by atoms with Gasteiger partial charge in [-0.1, -0.05) is 6.92 Å². The smallest absolute Gasteiger partial charge is 0.320 e. The number of hydrogen-bond acceptors (Lipinski definition) is 2. The van der Waals surface area contributed by atoms with Gasteiger partial charge < -0.3 is 5.11 Å². The van der Waals surface area contributed by atoms with Crippen molar-refractivity contribution >= 4 is 5.97 Å². The Balaban J connectivity index is 3.69. The third-order valence-electron chi connectivity index (χ3n) is 1.59. The van der Waals surface area contributed by atoms with Crippen LogP contribution in [-0.4, -0.2) is 35.6 Å². The fourth-order valence-electron chi connectivity index (χ4n) is 0.735. The Morgan fingerprint density at radius 3 is 2.50 bits per heavy atom. The lowest BCUT2D eigenvalue weighted by atomic mass is 10.3. The van der Waals surface area contributed by atoms with Crippen LogP contribution in [-0.2, 0) is 4.79 Å². The van der Waals surface area contributed by atoms with Crippen LogP contribution in [0.4, 0.5) is 0 Å². The van der Waals surface area contributed by atoms with E-state index in [1.165, 1.54) is 0 Å². The molecule has 0 rings (SSSR count). The van der Waals surface area contributed by atoms with Crippen molar-refractivity contribution in [1.82, 2.24) is 4.90 Å². The molecule has 1 atom stereocenters. The van der Waals surface area contributed by atoms with Gasteiger partial charge in [0, 0.05) is 0 Å². The van der Waals surface area contributed by atoms with Crippen LogP contribution in [0, 0.1) is 0 Å². The Bertz CT molecular complexity index is 114. The average Bonchev–Trinajstić information content (AvgIpc) is 1.87. The minimum absolute atomic E-state index is 0.361. The predicted octanol–water partition coefficient (Wildman–Crippen LogP) is 0.801. The van der Waals surface area contributed by atoms with Crippen molar-refractivity contribution in [2.24, 2.45) is 0 Å². The van der Waals surface area contributed by atoms with Crippen LogP contribution in [0.5, 0.6) is 0 Å². The number of nitrogens with zero attached hydrogens (tertiary/aromatic N) is 1. The molecule has 3 nitrogen and oxygen atoms in total. The van der Waals surface area contributed by atoms with Crippen molar-refractivity contribution < 1.29 is 9.90 Å². The summed E-state index contributed by atoms with van der Waals surface area (Å²) in [7, 11) is 1.82. The van der Waals surface area contributed by atoms with Crippen LogP contribution in [0.1, 0.15) is 20.3 Å². The monoisotopic (exact) mass is 145 g/mol. The van der Waals surface area contributed by atoms with Crippen LogP contribution in [0.15, 0.2) is 0 Å². The molecule has 0 heterocycles. The molecule has 0 radical (unpaired) electrons. The molecule has 0 bridgehead atoms. The normalized spacial score (nSPS) is 13.6. The standard InChI is InChI=1S/C7H15NO2/c1-4-5-8(3)6(2)7(9)10/h6H,4-5H2,1-3H3,(H,9,10). The van der Waals surface area contributed by atoms with Crippen molar-refractivity contribution in [3.8, 4) is 0 Å². The summed E-state index contributed by atoms with van der Waals surface area (Å²) < 4.78 is 0. The zero-order valence-corrected chi connectivity index (χ0v) is 6.79. The molecular formula is C7H15NO2. The van der Waals surface area contributed by atoms with Gasteiger partial charge >= 0.3 is 5.97 Å². The molecule has 60 valence electrons. The molecule has 0 aliphatic heterocycles. The first-order chi connectivity index (χ1) is 4.59. The molecule has 0 fully saturated rings. The number of hydrogen-bond donors (Lipinski definition) is 1. The quantitative estimate of drug-likeness (QED) is 0.636. The molecule has 0 saturated carbocycles. The van der Waals surface area contributed by atoms with E-state index in [1.807, 2.05) is 18.9 Å². The summed E-state index contributed by atoms with van der Waals surface area (Å²) in [4.78, 5) is 12.2. The van der Waals surface area contributed by atoms with E-state index in [4.69, 9.17) is 5.11 Å². The first kappa shape index (κ1) is 9.43. The minimum atomic E-state index is -0.754. The van der Waals surface area contributed by atoms with E-state index in [0.717, 1.165) is 13.0 Å². The highest BCUT2D eigenvalue weighted by molar-refractivity contribution is 5.72. The Labute approximate surface area is 61.6 Å². The maximum absolute atomic E-state index is 10.4. The van der Waals surface area contributed by atoms with Crippen LogP contribution >= 0.6 is 0 Å². The zero-order chi connectivity index (χ0) is 8.15. The molecule has 1 unspecified atom stereocenters. The first-order valence-electron chi connectivity index (χ1n) is 3.52.